The second kappa shape index (κ2) is 5.52. The number of anilines is 3. The van der Waals surface area contributed by atoms with Gasteiger partial charge in [-0.3, -0.25) is 0 Å². The molecule has 0 atom stereocenters. The van der Waals surface area contributed by atoms with Crippen molar-refractivity contribution in [3.05, 3.63) is 47.5 Å². The third kappa shape index (κ3) is 3.37. The van der Waals surface area contributed by atoms with Crippen molar-refractivity contribution in [1.82, 2.24) is 4.98 Å². The van der Waals surface area contributed by atoms with Gasteiger partial charge in [-0.1, -0.05) is 6.07 Å². The Kier molecular flexibility index (Phi) is 3.94. The molecule has 1 heterocycles. The van der Waals surface area contributed by atoms with Crippen LogP contribution in [-0.4, -0.2) is 4.98 Å². The summed E-state index contributed by atoms with van der Waals surface area (Å²) in [6.45, 7) is 0. The van der Waals surface area contributed by atoms with Crippen molar-refractivity contribution < 1.29 is 22.0 Å². The van der Waals surface area contributed by atoms with Gasteiger partial charge in [-0.2, -0.15) is 13.2 Å². The molecule has 4 N–H and O–H groups in total. The molecule has 4 nitrogen and oxygen atoms in total. The molecule has 0 bridgehead atoms. The molecule has 0 radical (unpaired) electrons. The maximum absolute atomic E-state index is 13.5. The van der Waals surface area contributed by atoms with Crippen LogP contribution in [0.1, 0.15) is 5.56 Å². The lowest BCUT2D eigenvalue weighted by atomic mass is 10.2. The highest BCUT2D eigenvalue weighted by molar-refractivity contribution is 5.59. The second-order valence-electron chi connectivity index (χ2n) is 4.00. The zero-order valence-corrected chi connectivity index (χ0v) is 10.3. The Morgan fingerprint density at radius 3 is 2.29 bits per heavy atom. The van der Waals surface area contributed by atoms with Crippen molar-refractivity contribution >= 4 is 17.3 Å². The molecule has 0 amide bonds. The Balaban J connectivity index is 2.34. The van der Waals surface area contributed by atoms with Gasteiger partial charge in [-0.05, 0) is 18.2 Å². The number of benzene rings is 1. The number of hydrazine groups is 1. The fraction of sp³-hybridized carbons (Fsp3) is 0.0833. The van der Waals surface area contributed by atoms with E-state index in [1.54, 1.807) is 0 Å². The lowest BCUT2D eigenvalue weighted by Gasteiger charge is -2.11. The van der Waals surface area contributed by atoms with Crippen LogP contribution in [-0.2, 0) is 6.18 Å². The Hall–Kier alpha value is -2.42. The van der Waals surface area contributed by atoms with Crippen molar-refractivity contribution in [2.75, 3.05) is 10.7 Å². The number of nitrogens with one attached hydrogen (secondary N) is 2. The minimum absolute atomic E-state index is 0.0502. The number of hydrogen-bond acceptors (Lipinski definition) is 4. The molecule has 2 rings (SSSR count). The summed E-state index contributed by atoms with van der Waals surface area (Å²) < 4.78 is 64.4. The zero-order chi connectivity index (χ0) is 15.6. The zero-order valence-electron chi connectivity index (χ0n) is 10.3. The average molecular weight is 304 g/mol. The highest BCUT2D eigenvalue weighted by Crippen LogP contribution is 2.31. The molecular weight excluding hydrogens is 295 g/mol. The van der Waals surface area contributed by atoms with Gasteiger partial charge in [-0.25, -0.2) is 19.6 Å². The molecule has 1 aromatic carbocycles. The first-order valence-corrected chi connectivity index (χ1v) is 5.58. The van der Waals surface area contributed by atoms with E-state index in [-0.39, 0.29) is 5.69 Å². The monoisotopic (exact) mass is 304 g/mol. The number of rotatable bonds is 3. The van der Waals surface area contributed by atoms with Gasteiger partial charge in [0.15, 0.2) is 23.3 Å². The summed E-state index contributed by atoms with van der Waals surface area (Å²) in [6.07, 6.45) is -4.53. The fourth-order valence-electron chi connectivity index (χ4n) is 1.57. The van der Waals surface area contributed by atoms with Gasteiger partial charge in [0.1, 0.15) is 0 Å². The van der Waals surface area contributed by atoms with Crippen LogP contribution in [0.25, 0.3) is 0 Å². The number of aromatic nitrogens is 1. The molecule has 0 unspecified atom stereocenters. The van der Waals surface area contributed by atoms with Gasteiger partial charge < -0.3 is 10.7 Å². The van der Waals surface area contributed by atoms with Crippen LogP contribution < -0.4 is 16.6 Å². The van der Waals surface area contributed by atoms with Gasteiger partial charge in [0, 0.05) is 11.8 Å². The fourth-order valence-corrected chi connectivity index (χ4v) is 1.57. The summed E-state index contributed by atoms with van der Waals surface area (Å²) in [5.74, 6) is 2.01. The maximum Gasteiger partial charge on any atom is 0.416 e. The number of nitrogen functional groups attached to an aromatic ring is 1. The molecule has 0 aliphatic heterocycles. The quantitative estimate of drug-likeness (QED) is 0.462. The summed E-state index contributed by atoms with van der Waals surface area (Å²) in [5, 5.41) is 2.34. The van der Waals surface area contributed by atoms with Crippen LogP contribution in [0.5, 0.6) is 0 Å². The molecule has 1 aromatic heterocycles. The minimum atomic E-state index is -4.53. The van der Waals surface area contributed by atoms with Gasteiger partial charge in [0.25, 0.3) is 0 Å². The first-order valence-electron chi connectivity index (χ1n) is 5.58. The van der Waals surface area contributed by atoms with E-state index >= 15 is 0 Å². The lowest BCUT2D eigenvalue weighted by Crippen LogP contribution is -2.12. The van der Waals surface area contributed by atoms with E-state index in [2.05, 4.69) is 10.3 Å². The number of pyridine rings is 1. The number of hydrogen-bond donors (Lipinski definition) is 3. The van der Waals surface area contributed by atoms with E-state index in [9.17, 15) is 22.0 Å². The third-order valence-corrected chi connectivity index (χ3v) is 2.52. The van der Waals surface area contributed by atoms with Crippen LogP contribution in [0.3, 0.4) is 0 Å². The van der Waals surface area contributed by atoms with E-state index in [1.807, 2.05) is 5.43 Å². The van der Waals surface area contributed by atoms with Gasteiger partial charge in [0.05, 0.1) is 5.56 Å². The Morgan fingerprint density at radius 2 is 1.67 bits per heavy atom. The molecule has 0 aliphatic carbocycles. The van der Waals surface area contributed by atoms with Crippen molar-refractivity contribution in [2.45, 2.75) is 6.18 Å². The topological polar surface area (TPSA) is 63.0 Å². The molecule has 9 heteroatoms. The lowest BCUT2D eigenvalue weighted by molar-refractivity contribution is -0.137. The van der Waals surface area contributed by atoms with Gasteiger partial charge in [-0.15, -0.1) is 0 Å². The normalized spacial score (nSPS) is 11.3. The van der Waals surface area contributed by atoms with E-state index in [0.29, 0.717) is 6.07 Å². The van der Waals surface area contributed by atoms with Crippen molar-refractivity contribution in [3.63, 3.8) is 0 Å². The highest BCUT2D eigenvalue weighted by atomic mass is 19.4. The molecule has 0 aliphatic rings. The smallest absolute Gasteiger partial charge is 0.338 e. The van der Waals surface area contributed by atoms with Crippen molar-refractivity contribution in [3.8, 4) is 0 Å². The Labute approximate surface area is 115 Å². The number of alkyl halides is 3. The van der Waals surface area contributed by atoms with E-state index in [0.717, 1.165) is 18.2 Å². The predicted molar refractivity (Wildman–Crippen MR) is 66.7 cm³/mol. The third-order valence-electron chi connectivity index (χ3n) is 2.52. The standard InChI is InChI=1S/C12H9F5N4/c13-8-5-9(14)11(21-18)20-10(8)19-7-3-1-2-6(4-7)12(15,16)17/h1-5H,18H2,(H2,19,20,21). The van der Waals surface area contributed by atoms with Crippen LogP contribution in [0.2, 0.25) is 0 Å². The first kappa shape index (κ1) is 15.0. The Bertz CT molecular complexity index is 657. The van der Waals surface area contributed by atoms with Crippen LogP contribution in [0, 0.1) is 11.6 Å². The van der Waals surface area contributed by atoms with E-state index < -0.39 is 35.0 Å². The molecule has 0 saturated carbocycles. The van der Waals surface area contributed by atoms with Crippen LogP contribution in [0.4, 0.5) is 39.3 Å². The second-order valence-corrected chi connectivity index (χ2v) is 4.00. The first-order chi connectivity index (χ1) is 9.81. The summed E-state index contributed by atoms with van der Waals surface area (Å²) >= 11 is 0. The SMILES string of the molecule is NNc1nc(Nc2cccc(C(F)(F)F)c2)c(F)cc1F. The molecule has 112 valence electrons. The van der Waals surface area contributed by atoms with Crippen LogP contribution >= 0.6 is 0 Å². The molecule has 2 aromatic rings. The number of nitrogens with two attached hydrogens (primary N) is 1. The van der Waals surface area contributed by atoms with E-state index in [1.165, 1.54) is 6.07 Å². The van der Waals surface area contributed by atoms with Crippen molar-refractivity contribution in [1.29, 1.82) is 0 Å². The summed E-state index contributed by atoms with van der Waals surface area (Å²) in [6, 6.07) is 4.59. The number of nitrogens with zero attached hydrogens (tertiary/aromatic N) is 1. The molecule has 0 saturated heterocycles. The van der Waals surface area contributed by atoms with Gasteiger partial charge >= 0.3 is 6.18 Å². The largest absolute Gasteiger partial charge is 0.416 e. The average Bonchev–Trinajstić information content (AvgIpc) is 2.41. The Morgan fingerprint density at radius 1 is 1.00 bits per heavy atom. The highest BCUT2D eigenvalue weighted by Gasteiger charge is 2.30. The van der Waals surface area contributed by atoms with Crippen LogP contribution in [0.15, 0.2) is 30.3 Å². The maximum atomic E-state index is 13.5. The molecular formula is C12H9F5N4. The molecule has 21 heavy (non-hydrogen) atoms. The summed E-state index contributed by atoms with van der Waals surface area (Å²) in [7, 11) is 0. The molecule has 0 fully saturated rings. The predicted octanol–water partition coefficient (Wildman–Crippen LogP) is 3.41. The summed E-state index contributed by atoms with van der Waals surface area (Å²) in [5.41, 5.74) is 0.951. The molecule has 0 spiro atoms. The number of halogens is 5. The van der Waals surface area contributed by atoms with Gasteiger partial charge in [0.2, 0.25) is 0 Å². The van der Waals surface area contributed by atoms with Crippen molar-refractivity contribution in [2.24, 2.45) is 5.84 Å². The van der Waals surface area contributed by atoms with E-state index in [4.69, 9.17) is 5.84 Å². The minimum Gasteiger partial charge on any atom is -0.338 e. The summed E-state index contributed by atoms with van der Waals surface area (Å²) in [4.78, 5) is 3.50.